The summed E-state index contributed by atoms with van der Waals surface area (Å²) in [6.45, 7) is 6.42. The Balaban J connectivity index is 2.20. The van der Waals surface area contributed by atoms with E-state index in [1.165, 1.54) is 6.20 Å². The monoisotopic (exact) mass is 248 g/mol. The van der Waals surface area contributed by atoms with E-state index in [0.29, 0.717) is 23.1 Å². The fourth-order valence-electron chi connectivity index (χ4n) is 2.38. The molecule has 18 heavy (non-hydrogen) atoms. The summed E-state index contributed by atoms with van der Waals surface area (Å²) in [5, 5.41) is 0. The second-order valence-electron chi connectivity index (χ2n) is 5.23. The molecule has 2 rings (SSSR count). The van der Waals surface area contributed by atoms with Crippen molar-refractivity contribution < 1.29 is 4.79 Å². The van der Waals surface area contributed by atoms with E-state index in [9.17, 15) is 4.79 Å². The molecule has 5 nitrogen and oxygen atoms in total. The van der Waals surface area contributed by atoms with Gasteiger partial charge in [0.15, 0.2) is 0 Å². The molecule has 0 bridgehead atoms. The van der Waals surface area contributed by atoms with Crippen LogP contribution in [0.3, 0.4) is 0 Å². The summed E-state index contributed by atoms with van der Waals surface area (Å²) in [5.41, 5.74) is 11.7. The molecule has 1 aliphatic rings. The number of amides is 1. The molecule has 0 aromatic carbocycles. The Hall–Kier alpha value is -1.78. The van der Waals surface area contributed by atoms with Crippen molar-refractivity contribution in [3.63, 3.8) is 0 Å². The first-order valence-corrected chi connectivity index (χ1v) is 6.29. The first kappa shape index (κ1) is 12.7. The normalized spacial score (nSPS) is 19.5. The van der Waals surface area contributed by atoms with Gasteiger partial charge in [-0.25, -0.2) is 4.98 Å². The van der Waals surface area contributed by atoms with E-state index in [0.717, 1.165) is 25.3 Å². The molecule has 4 N–H and O–H groups in total. The maximum atomic E-state index is 11.3. The third-order valence-corrected chi connectivity index (χ3v) is 3.68. The van der Waals surface area contributed by atoms with Gasteiger partial charge < -0.3 is 16.4 Å². The highest BCUT2D eigenvalue weighted by molar-refractivity contribution is 5.98. The highest BCUT2D eigenvalue weighted by Gasteiger charge is 2.26. The lowest BCUT2D eigenvalue weighted by molar-refractivity contribution is 0.100. The Bertz CT molecular complexity index is 458. The van der Waals surface area contributed by atoms with Gasteiger partial charge in [-0.3, -0.25) is 4.79 Å². The molecule has 1 fully saturated rings. The van der Waals surface area contributed by atoms with Crippen molar-refractivity contribution in [1.29, 1.82) is 0 Å². The Morgan fingerprint density at radius 3 is 2.83 bits per heavy atom. The van der Waals surface area contributed by atoms with Crippen molar-refractivity contribution in [2.75, 3.05) is 23.7 Å². The van der Waals surface area contributed by atoms with Gasteiger partial charge in [-0.2, -0.15) is 0 Å². The smallest absolute Gasteiger partial charge is 0.250 e. The van der Waals surface area contributed by atoms with Gasteiger partial charge in [0, 0.05) is 13.1 Å². The molecule has 1 aromatic rings. The topological polar surface area (TPSA) is 85.2 Å². The first-order chi connectivity index (χ1) is 8.49. The minimum Gasteiger partial charge on any atom is -0.397 e. The van der Waals surface area contributed by atoms with Crippen LogP contribution >= 0.6 is 0 Å². The summed E-state index contributed by atoms with van der Waals surface area (Å²) < 4.78 is 0. The summed E-state index contributed by atoms with van der Waals surface area (Å²) in [6, 6.07) is 1.69. The Morgan fingerprint density at radius 2 is 2.28 bits per heavy atom. The second-order valence-corrected chi connectivity index (χ2v) is 5.23. The number of nitrogens with zero attached hydrogens (tertiary/aromatic N) is 2. The fraction of sp³-hybridized carbons (Fsp3) is 0.538. The number of hydrogen-bond acceptors (Lipinski definition) is 4. The lowest BCUT2D eigenvalue weighted by atomic mass is 9.95. The van der Waals surface area contributed by atoms with Gasteiger partial charge in [-0.15, -0.1) is 0 Å². The molecule has 98 valence electrons. The van der Waals surface area contributed by atoms with Crippen LogP contribution in [0, 0.1) is 11.8 Å². The van der Waals surface area contributed by atoms with Gasteiger partial charge in [0.2, 0.25) is 0 Å². The minimum absolute atomic E-state index is 0.339. The summed E-state index contributed by atoms with van der Waals surface area (Å²) in [6.07, 6.45) is 2.67. The summed E-state index contributed by atoms with van der Waals surface area (Å²) >= 11 is 0. The average Bonchev–Trinajstić information content (AvgIpc) is 2.78. The molecule has 5 heteroatoms. The van der Waals surface area contributed by atoms with Crippen LogP contribution in [0.5, 0.6) is 0 Å². The zero-order chi connectivity index (χ0) is 13.3. The molecule has 1 aliphatic heterocycles. The van der Waals surface area contributed by atoms with Crippen LogP contribution in [0.2, 0.25) is 0 Å². The molecule has 1 amide bonds. The van der Waals surface area contributed by atoms with Crippen LogP contribution in [-0.2, 0) is 0 Å². The molecule has 0 spiro atoms. The lowest BCUT2D eigenvalue weighted by Gasteiger charge is -2.19. The van der Waals surface area contributed by atoms with E-state index >= 15 is 0 Å². The number of pyridine rings is 1. The van der Waals surface area contributed by atoms with Crippen LogP contribution in [0.25, 0.3) is 0 Å². The van der Waals surface area contributed by atoms with Crippen molar-refractivity contribution in [3.05, 3.63) is 17.8 Å². The zero-order valence-corrected chi connectivity index (χ0v) is 10.9. The minimum atomic E-state index is -0.504. The van der Waals surface area contributed by atoms with E-state index in [4.69, 9.17) is 11.5 Å². The third-order valence-electron chi connectivity index (χ3n) is 3.68. The van der Waals surface area contributed by atoms with Gasteiger partial charge in [0.25, 0.3) is 5.91 Å². The number of rotatable bonds is 3. The SMILES string of the molecule is CC(C)C1CCN(c2cc(C(N)=O)c(N)cn2)C1. The highest BCUT2D eigenvalue weighted by atomic mass is 16.1. The number of nitrogen functional groups attached to an aromatic ring is 1. The summed E-state index contributed by atoms with van der Waals surface area (Å²) in [4.78, 5) is 17.7. The van der Waals surface area contributed by atoms with E-state index < -0.39 is 5.91 Å². The highest BCUT2D eigenvalue weighted by Crippen LogP contribution is 2.28. The van der Waals surface area contributed by atoms with Crippen LogP contribution in [0.4, 0.5) is 11.5 Å². The van der Waals surface area contributed by atoms with E-state index in [-0.39, 0.29) is 0 Å². The van der Waals surface area contributed by atoms with Gasteiger partial charge in [0.1, 0.15) is 5.82 Å². The molecular weight excluding hydrogens is 228 g/mol. The number of primary amides is 1. The van der Waals surface area contributed by atoms with Crippen LogP contribution in [0.1, 0.15) is 30.6 Å². The second kappa shape index (κ2) is 4.84. The number of carbonyl (C=O) groups is 1. The van der Waals surface area contributed by atoms with Crippen LogP contribution in [-0.4, -0.2) is 24.0 Å². The predicted molar refractivity (Wildman–Crippen MR) is 72.3 cm³/mol. The summed E-state index contributed by atoms with van der Waals surface area (Å²) in [7, 11) is 0. The molecule has 0 radical (unpaired) electrons. The molecule has 1 aromatic heterocycles. The van der Waals surface area contributed by atoms with E-state index in [1.54, 1.807) is 6.07 Å². The fourth-order valence-corrected chi connectivity index (χ4v) is 2.38. The number of nitrogens with two attached hydrogens (primary N) is 2. The lowest BCUT2D eigenvalue weighted by Crippen LogP contribution is -2.23. The molecular formula is C13H20N4O. The van der Waals surface area contributed by atoms with Crippen molar-refractivity contribution in [2.24, 2.45) is 17.6 Å². The molecule has 1 atom stereocenters. The van der Waals surface area contributed by atoms with Gasteiger partial charge in [0.05, 0.1) is 17.4 Å². The van der Waals surface area contributed by atoms with Crippen molar-refractivity contribution >= 4 is 17.4 Å². The Morgan fingerprint density at radius 1 is 1.56 bits per heavy atom. The number of anilines is 2. The van der Waals surface area contributed by atoms with E-state index in [1.807, 2.05) is 0 Å². The van der Waals surface area contributed by atoms with Gasteiger partial charge in [-0.05, 0) is 24.3 Å². The Labute approximate surface area is 107 Å². The van der Waals surface area contributed by atoms with Crippen LogP contribution in [0.15, 0.2) is 12.3 Å². The van der Waals surface area contributed by atoms with E-state index in [2.05, 4.69) is 23.7 Å². The zero-order valence-electron chi connectivity index (χ0n) is 10.9. The largest absolute Gasteiger partial charge is 0.397 e. The molecule has 1 saturated heterocycles. The first-order valence-electron chi connectivity index (χ1n) is 6.29. The predicted octanol–water partition coefficient (Wildman–Crippen LogP) is 1.25. The third kappa shape index (κ3) is 2.39. The number of aromatic nitrogens is 1. The van der Waals surface area contributed by atoms with Crippen molar-refractivity contribution in [1.82, 2.24) is 4.98 Å². The van der Waals surface area contributed by atoms with Gasteiger partial charge in [-0.1, -0.05) is 13.8 Å². The molecule has 1 unspecified atom stereocenters. The Kier molecular flexibility index (Phi) is 3.41. The van der Waals surface area contributed by atoms with Gasteiger partial charge >= 0.3 is 0 Å². The van der Waals surface area contributed by atoms with Crippen molar-refractivity contribution in [3.8, 4) is 0 Å². The maximum absolute atomic E-state index is 11.3. The number of hydrogen-bond donors (Lipinski definition) is 2. The van der Waals surface area contributed by atoms with Crippen LogP contribution < -0.4 is 16.4 Å². The number of carbonyl (C=O) groups excluding carboxylic acids is 1. The summed E-state index contributed by atoms with van der Waals surface area (Å²) in [5.74, 6) is 1.64. The molecule has 0 saturated carbocycles. The molecule has 2 heterocycles. The quantitative estimate of drug-likeness (QED) is 0.843. The standard InChI is InChI=1S/C13H20N4O/c1-8(2)9-3-4-17(7-9)12-5-10(13(15)18)11(14)6-16-12/h5-6,8-9H,3-4,7,14H2,1-2H3,(H2,15,18). The van der Waals surface area contributed by atoms with Crippen molar-refractivity contribution in [2.45, 2.75) is 20.3 Å². The molecule has 0 aliphatic carbocycles. The average molecular weight is 248 g/mol. The maximum Gasteiger partial charge on any atom is 0.250 e.